The van der Waals surface area contributed by atoms with Crippen molar-refractivity contribution in [3.63, 3.8) is 0 Å². The summed E-state index contributed by atoms with van der Waals surface area (Å²) in [4.78, 5) is 78.4. The maximum atomic E-state index is 12.9. The van der Waals surface area contributed by atoms with E-state index in [4.69, 9.17) is 9.57 Å². The maximum Gasteiger partial charge on any atom is 0.407 e. The highest BCUT2D eigenvalue weighted by Gasteiger charge is 2.36. The Labute approximate surface area is 264 Å². The molecule has 0 spiro atoms. The summed E-state index contributed by atoms with van der Waals surface area (Å²) in [5.74, 6) is -4.33. The van der Waals surface area contributed by atoms with Crippen LogP contribution in [0.4, 0.5) is 4.79 Å². The van der Waals surface area contributed by atoms with Gasteiger partial charge in [0.05, 0.1) is 0 Å². The molecule has 4 amide bonds. The molecule has 250 valence electrons. The van der Waals surface area contributed by atoms with Gasteiger partial charge in [0.25, 0.3) is 11.8 Å². The number of nitrogens with one attached hydrogen (secondary N) is 3. The molecule has 1 aliphatic rings. The van der Waals surface area contributed by atoms with Gasteiger partial charge in [-0.05, 0) is 31.2 Å². The van der Waals surface area contributed by atoms with Crippen molar-refractivity contribution >= 4 is 35.8 Å². The molecule has 2 rings (SSSR count). The molecule has 0 radical (unpaired) electrons. The van der Waals surface area contributed by atoms with Crippen molar-refractivity contribution in [3.8, 4) is 0 Å². The highest BCUT2D eigenvalue weighted by atomic mass is 16.7. The van der Waals surface area contributed by atoms with Crippen LogP contribution in [-0.2, 0) is 40.2 Å². The Morgan fingerprint density at radius 2 is 1.49 bits per heavy atom. The van der Waals surface area contributed by atoms with Gasteiger partial charge >= 0.3 is 18.0 Å². The minimum Gasteiger partial charge on any atom is -0.480 e. The van der Waals surface area contributed by atoms with Gasteiger partial charge in [0.2, 0.25) is 5.91 Å². The van der Waals surface area contributed by atoms with Crippen molar-refractivity contribution in [2.75, 3.05) is 6.54 Å². The number of amides is 4. The Morgan fingerprint density at radius 3 is 2.11 bits per heavy atom. The normalized spacial score (nSPS) is 14.1. The summed E-state index contributed by atoms with van der Waals surface area (Å²) in [6, 6.07) is 7.92. The van der Waals surface area contributed by atoms with E-state index in [2.05, 4.69) is 22.9 Å². The second kappa shape index (κ2) is 21.7. The number of hydrogen-bond acceptors (Lipinski definition) is 9. The molecule has 1 saturated heterocycles. The van der Waals surface area contributed by atoms with Gasteiger partial charge in [-0.15, -0.1) is 5.06 Å². The minimum absolute atomic E-state index is 0.0511. The lowest BCUT2D eigenvalue weighted by atomic mass is 10.1. The number of carbonyl (C=O) groups is 6. The average molecular weight is 633 g/mol. The number of hydrogen-bond donors (Lipinski definition) is 4. The first-order valence-corrected chi connectivity index (χ1v) is 16.0. The summed E-state index contributed by atoms with van der Waals surface area (Å²) >= 11 is 0. The highest BCUT2D eigenvalue weighted by molar-refractivity contribution is 6.02. The largest absolute Gasteiger partial charge is 0.480 e. The van der Waals surface area contributed by atoms with Crippen LogP contribution in [0, 0.1) is 0 Å². The number of unbranched alkanes of at least 4 members (excludes halogenated alkanes) is 9. The molecule has 1 aliphatic heterocycles. The molecule has 13 nitrogen and oxygen atoms in total. The second-order valence-corrected chi connectivity index (χ2v) is 11.1. The first-order chi connectivity index (χ1) is 21.7. The lowest BCUT2D eigenvalue weighted by molar-refractivity contribution is -0.200. The summed E-state index contributed by atoms with van der Waals surface area (Å²) in [7, 11) is 0. The maximum absolute atomic E-state index is 12.9. The molecule has 1 fully saturated rings. The van der Waals surface area contributed by atoms with E-state index < -0.39 is 48.0 Å². The van der Waals surface area contributed by atoms with E-state index in [1.807, 2.05) is 30.3 Å². The molecule has 0 aliphatic carbocycles. The fourth-order valence-corrected chi connectivity index (χ4v) is 4.72. The Hall–Kier alpha value is -4.00. The number of ether oxygens (including phenoxy) is 1. The molecule has 4 N–H and O–H groups in total. The number of rotatable bonds is 23. The molecule has 0 saturated carbocycles. The lowest BCUT2D eigenvalue weighted by Gasteiger charge is -2.24. The van der Waals surface area contributed by atoms with E-state index in [9.17, 15) is 33.9 Å². The van der Waals surface area contributed by atoms with Crippen molar-refractivity contribution < 1.29 is 43.4 Å². The molecule has 0 aromatic heterocycles. The van der Waals surface area contributed by atoms with Crippen molar-refractivity contribution in [2.45, 2.75) is 122 Å². The summed E-state index contributed by atoms with van der Waals surface area (Å²) in [5.41, 5.74) is 0.842. The average Bonchev–Trinajstić information content (AvgIpc) is 3.34. The molecule has 1 unspecified atom stereocenters. The second-order valence-electron chi connectivity index (χ2n) is 11.1. The predicted molar refractivity (Wildman–Crippen MR) is 164 cm³/mol. The van der Waals surface area contributed by atoms with E-state index in [1.165, 1.54) is 25.7 Å². The van der Waals surface area contributed by atoms with E-state index in [0.717, 1.165) is 31.2 Å². The van der Waals surface area contributed by atoms with Gasteiger partial charge in [0, 0.05) is 25.8 Å². The Balaban J connectivity index is 1.83. The number of carboxylic acids is 1. The van der Waals surface area contributed by atoms with Gasteiger partial charge in [-0.3, -0.25) is 24.5 Å². The third kappa shape index (κ3) is 15.5. The van der Waals surface area contributed by atoms with Crippen molar-refractivity contribution in [3.05, 3.63) is 35.9 Å². The first-order valence-electron chi connectivity index (χ1n) is 16.0. The van der Waals surface area contributed by atoms with Crippen molar-refractivity contribution in [2.24, 2.45) is 0 Å². The molecular weight excluding hydrogens is 584 g/mol. The number of alkyl carbamates (subject to hydrolysis) is 1. The number of carboxylic acid groups (broad SMARTS) is 1. The zero-order valence-electron chi connectivity index (χ0n) is 26.2. The monoisotopic (exact) mass is 632 g/mol. The van der Waals surface area contributed by atoms with Crippen LogP contribution in [0.3, 0.4) is 0 Å². The zero-order chi connectivity index (χ0) is 32.9. The van der Waals surface area contributed by atoms with Gasteiger partial charge in [0.1, 0.15) is 12.6 Å². The van der Waals surface area contributed by atoms with Gasteiger partial charge in [0.15, 0.2) is 6.17 Å². The van der Waals surface area contributed by atoms with Crippen LogP contribution < -0.4 is 16.0 Å². The predicted octanol–water partition coefficient (Wildman–Crippen LogP) is 4.10. The van der Waals surface area contributed by atoms with Gasteiger partial charge in [-0.2, -0.15) is 0 Å². The van der Waals surface area contributed by atoms with E-state index in [1.54, 1.807) is 0 Å². The molecule has 45 heavy (non-hydrogen) atoms. The highest BCUT2D eigenvalue weighted by Crippen LogP contribution is 2.14. The number of imide groups is 1. The number of aliphatic carboxylic acids is 1. The third-order valence-electron chi connectivity index (χ3n) is 7.30. The van der Waals surface area contributed by atoms with Crippen molar-refractivity contribution in [1.82, 2.24) is 21.0 Å². The number of carbonyl (C=O) groups excluding carboxylic acids is 5. The van der Waals surface area contributed by atoms with Gasteiger partial charge < -0.3 is 25.3 Å². The summed E-state index contributed by atoms with van der Waals surface area (Å²) in [6.45, 7) is 2.53. The Morgan fingerprint density at radius 1 is 0.867 bits per heavy atom. The fraction of sp³-hybridized carbons (Fsp3) is 0.625. The first kappa shape index (κ1) is 37.2. The fourth-order valence-electron chi connectivity index (χ4n) is 4.72. The summed E-state index contributed by atoms with van der Waals surface area (Å²) < 4.78 is 5.14. The molecule has 1 heterocycles. The molecule has 1 aromatic carbocycles. The van der Waals surface area contributed by atoms with Gasteiger partial charge in [-0.1, -0.05) is 88.6 Å². The summed E-state index contributed by atoms with van der Waals surface area (Å²) in [6.07, 6.45) is 8.04. The Kier molecular flexibility index (Phi) is 17.9. The van der Waals surface area contributed by atoms with Crippen molar-refractivity contribution in [1.29, 1.82) is 0 Å². The smallest absolute Gasteiger partial charge is 0.407 e. The van der Waals surface area contributed by atoms with E-state index in [-0.39, 0.29) is 38.8 Å². The molecule has 1 aromatic rings. The quantitative estimate of drug-likeness (QED) is 0.0779. The molecule has 2 atom stereocenters. The van der Waals surface area contributed by atoms with Crippen LogP contribution >= 0.6 is 0 Å². The van der Waals surface area contributed by atoms with Crippen LogP contribution in [0.1, 0.15) is 109 Å². The standard InChI is InChI=1S/C32H48N4O9/c1-2-3-4-5-6-7-8-9-13-19-26(37)35-29(31(42)45-36-27(38)20-21-28(36)39)34-25(30(40)41)18-14-15-22-33-32(43)44-23-24-16-11-10-12-17-24/h10-12,16-17,25,29,34H,2-9,13-15,18-23H2,1H3,(H,33,43)(H,35,37)(H,40,41)/t25-,29?/m0/s1. The minimum atomic E-state index is -1.61. The Bertz CT molecular complexity index is 1080. The van der Waals surface area contributed by atoms with Crippen LogP contribution in [0.5, 0.6) is 0 Å². The molecular formula is C32H48N4O9. The third-order valence-corrected chi connectivity index (χ3v) is 7.30. The van der Waals surface area contributed by atoms with Crippen LogP contribution in [0.15, 0.2) is 30.3 Å². The van der Waals surface area contributed by atoms with Crippen LogP contribution in [0.25, 0.3) is 0 Å². The number of hydroxylamine groups is 2. The lowest BCUT2D eigenvalue weighted by Crippen LogP contribution is -2.57. The van der Waals surface area contributed by atoms with Crippen LogP contribution in [0.2, 0.25) is 0 Å². The van der Waals surface area contributed by atoms with Crippen LogP contribution in [-0.4, -0.2) is 64.7 Å². The van der Waals surface area contributed by atoms with Gasteiger partial charge in [-0.25, -0.2) is 9.59 Å². The summed E-state index contributed by atoms with van der Waals surface area (Å²) in [5, 5.41) is 17.8. The van der Waals surface area contributed by atoms with E-state index in [0.29, 0.717) is 24.3 Å². The zero-order valence-corrected chi connectivity index (χ0v) is 26.2. The SMILES string of the molecule is CCCCCCCCCCCC(=O)NC(N[C@@H](CCCCNC(=O)OCc1ccccc1)C(=O)O)C(=O)ON1C(=O)CCC1=O. The molecule has 0 bridgehead atoms. The topological polar surface area (TPSA) is 180 Å². The van der Waals surface area contributed by atoms with E-state index >= 15 is 0 Å². The number of benzene rings is 1. The number of nitrogens with zero attached hydrogens (tertiary/aromatic N) is 1. The molecule has 13 heteroatoms.